The van der Waals surface area contributed by atoms with E-state index in [0.29, 0.717) is 17.1 Å². The van der Waals surface area contributed by atoms with Crippen molar-refractivity contribution in [3.05, 3.63) is 23.8 Å². The molecule has 0 amide bonds. The van der Waals surface area contributed by atoms with E-state index in [4.69, 9.17) is 20.2 Å². The molecule has 1 unspecified atom stereocenters. The Hall–Kier alpha value is -0.940. The van der Waals surface area contributed by atoms with Gasteiger partial charge in [-0.25, -0.2) is 8.42 Å². The molecule has 1 aromatic carbocycles. The SMILES string of the molecule is COc1ccc(C(C)S(=O)(=O)Cl)c(OC)c1. The van der Waals surface area contributed by atoms with Gasteiger partial charge >= 0.3 is 0 Å². The molecule has 0 aliphatic heterocycles. The van der Waals surface area contributed by atoms with Crippen LogP contribution in [0.5, 0.6) is 11.5 Å². The van der Waals surface area contributed by atoms with Crippen LogP contribution < -0.4 is 9.47 Å². The molecule has 1 atom stereocenters. The van der Waals surface area contributed by atoms with Gasteiger partial charge in [-0.1, -0.05) is 6.07 Å². The minimum atomic E-state index is -3.66. The summed E-state index contributed by atoms with van der Waals surface area (Å²) in [4.78, 5) is 0. The fourth-order valence-electron chi connectivity index (χ4n) is 1.31. The maximum absolute atomic E-state index is 11.2. The minimum Gasteiger partial charge on any atom is -0.497 e. The van der Waals surface area contributed by atoms with Gasteiger partial charge in [-0.15, -0.1) is 0 Å². The Balaban J connectivity index is 3.24. The van der Waals surface area contributed by atoms with Crippen LogP contribution in [0.3, 0.4) is 0 Å². The molecule has 1 rings (SSSR count). The van der Waals surface area contributed by atoms with Gasteiger partial charge in [-0.2, -0.15) is 0 Å². The van der Waals surface area contributed by atoms with Crippen molar-refractivity contribution < 1.29 is 17.9 Å². The molecule has 90 valence electrons. The predicted octanol–water partition coefficient (Wildman–Crippen LogP) is 2.33. The Morgan fingerprint density at radius 3 is 2.31 bits per heavy atom. The Labute approximate surface area is 99.6 Å². The molecule has 0 aliphatic rings. The highest BCUT2D eigenvalue weighted by molar-refractivity contribution is 8.13. The van der Waals surface area contributed by atoms with E-state index in [0.717, 1.165) is 0 Å². The summed E-state index contributed by atoms with van der Waals surface area (Å²) < 4.78 is 32.6. The van der Waals surface area contributed by atoms with E-state index in [1.165, 1.54) is 21.1 Å². The summed E-state index contributed by atoms with van der Waals surface area (Å²) in [6.45, 7) is 1.51. The van der Waals surface area contributed by atoms with E-state index in [2.05, 4.69) is 0 Å². The molecule has 0 saturated heterocycles. The van der Waals surface area contributed by atoms with Crippen LogP contribution in [0.1, 0.15) is 17.7 Å². The third kappa shape index (κ3) is 2.80. The second-order valence-electron chi connectivity index (χ2n) is 3.23. The third-order valence-electron chi connectivity index (χ3n) is 2.30. The second kappa shape index (κ2) is 4.93. The van der Waals surface area contributed by atoms with Crippen LogP contribution in [-0.4, -0.2) is 22.6 Å². The van der Waals surface area contributed by atoms with Gasteiger partial charge in [0.1, 0.15) is 16.7 Å². The van der Waals surface area contributed by atoms with E-state index in [1.54, 1.807) is 18.2 Å². The van der Waals surface area contributed by atoms with Gasteiger partial charge in [0, 0.05) is 22.3 Å². The quantitative estimate of drug-likeness (QED) is 0.784. The lowest BCUT2D eigenvalue weighted by Gasteiger charge is -2.13. The van der Waals surface area contributed by atoms with Crippen LogP contribution in [0, 0.1) is 0 Å². The zero-order valence-corrected chi connectivity index (χ0v) is 10.8. The molecule has 4 nitrogen and oxygen atoms in total. The summed E-state index contributed by atoms with van der Waals surface area (Å²) >= 11 is 0. The first-order chi connectivity index (χ1) is 7.40. The highest BCUT2D eigenvalue weighted by Gasteiger charge is 2.23. The zero-order chi connectivity index (χ0) is 12.3. The molecular weight excluding hydrogens is 252 g/mol. The van der Waals surface area contributed by atoms with Crippen molar-refractivity contribution in [1.29, 1.82) is 0 Å². The normalized spacial score (nSPS) is 13.2. The maximum atomic E-state index is 11.2. The number of ether oxygens (including phenoxy) is 2. The third-order valence-corrected chi connectivity index (χ3v) is 4.20. The first kappa shape index (κ1) is 13.1. The van der Waals surface area contributed by atoms with Crippen LogP contribution in [0.2, 0.25) is 0 Å². The van der Waals surface area contributed by atoms with Crippen LogP contribution in [0.4, 0.5) is 0 Å². The van der Waals surface area contributed by atoms with E-state index in [9.17, 15) is 8.42 Å². The molecule has 16 heavy (non-hydrogen) atoms. The van der Waals surface area contributed by atoms with Gasteiger partial charge in [0.25, 0.3) is 0 Å². The average Bonchev–Trinajstić information content (AvgIpc) is 2.26. The number of halogens is 1. The molecule has 0 heterocycles. The van der Waals surface area contributed by atoms with Gasteiger partial charge in [0.05, 0.1) is 14.2 Å². The lowest BCUT2D eigenvalue weighted by atomic mass is 10.1. The maximum Gasteiger partial charge on any atom is 0.239 e. The second-order valence-corrected chi connectivity index (χ2v) is 6.17. The minimum absolute atomic E-state index is 0.441. The first-order valence-corrected chi connectivity index (χ1v) is 6.92. The summed E-state index contributed by atoms with van der Waals surface area (Å²) in [5.74, 6) is 1.04. The standard InChI is InChI=1S/C10H13ClO4S/c1-7(16(11,12)13)9-5-4-8(14-2)6-10(9)15-3/h4-7H,1-3H3. The van der Waals surface area contributed by atoms with Crippen LogP contribution >= 0.6 is 10.7 Å². The van der Waals surface area contributed by atoms with Gasteiger partial charge in [0.2, 0.25) is 9.05 Å². The van der Waals surface area contributed by atoms with Gasteiger partial charge < -0.3 is 9.47 Å². The summed E-state index contributed by atoms with van der Waals surface area (Å²) in [5, 5.41) is -0.824. The van der Waals surface area contributed by atoms with Crippen LogP contribution in [0.25, 0.3) is 0 Å². The molecule has 0 aliphatic carbocycles. The fourth-order valence-corrected chi connectivity index (χ4v) is 2.09. The van der Waals surface area contributed by atoms with E-state index >= 15 is 0 Å². The monoisotopic (exact) mass is 264 g/mol. The summed E-state index contributed by atoms with van der Waals surface area (Å²) in [6, 6.07) is 4.91. The number of methoxy groups -OCH3 is 2. The fraction of sp³-hybridized carbons (Fsp3) is 0.400. The van der Waals surface area contributed by atoms with Gasteiger partial charge in [0.15, 0.2) is 0 Å². The molecule has 0 bridgehead atoms. The number of rotatable bonds is 4. The summed E-state index contributed by atoms with van der Waals surface area (Å²) in [5.41, 5.74) is 0.512. The van der Waals surface area contributed by atoms with Crippen LogP contribution in [0.15, 0.2) is 18.2 Å². The molecule has 0 radical (unpaired) electrons. The molecule has 0 saturated carbocycles. The van der Waals surface area contributed by atoms with Crippen LogP contribution in [-0.2, 0) is 9.05 Å². The molecular formula is C10H13ClO4S. The summed E-state index contributed by atoms with van der Waals surface area (Å²) in [7, 11) is 4.64. The number of benzene rings is 1. The van der Waals surface area contributed by atoms with Crippen molar-refractivity contribution in [2.45, 2.75) is 12.2 Å². The molecule has 1 aromatic rings. The van der Waals surface area contributed by atoms with Crippen molar-refractivity contribution in [2.24, 2.45) is 0 Å². The highest BCUT2D eigenvalue weighted by Crippen LogP contribution is 2.34. The average molecular weight is 265 g/mol. The lowest BCUT2D eigenvalue weighted by molar-refractivity contribution is 0.391. The topological polar surface area (TPSA) is 52.6 Å². The van der Waals surface area contributed by atoms with Crippen molar-refractivity contribution in [2.75, 3.05) is 14.2 Å². The highest BCUT2D eigenvalue weighted by atomic mass is 35.7. The van der Waals surface area contributed by atoms with Crippen molar-refractivity contribution >= 4 is 19.7 Å². The smallest absolute Gasteiger partial charge is 0.239 e. The van der Waals surface area contributed by atoms with Crippen molar-refractivity contribution in [1.82, 2.24) is 0 Å². The Kier molecular flexibility index (Phi) is 4.04. The van der Waals surface area contributed by atoms with Gasteiger partial charge in [-0.3, -0.25) is 0 Å². The van der Waals surface area contributed by atoms with Crippen molar-refractivity contribution in [3.63, 3.8) is 0 Å². The lowest BCUT2D eigenvalue weighted by Crippen LogP contribution is -2.05. The molecule has 0 fully saturated rings. The largest absolute Gasteiger partial charge is 0.497 e. The van der Waals surface area contributed by atoms with Gasteiger partial charge in [-0.05, 0) is 13.0 Å². The molecule has 0 spiro atoms. The number of hydrogen-bond donors (Lipinski definition) is 0. The summed E-state index contributed by atoms with van der Waals surface area (Å²) in [6.07, 6.45) is 0. The molecule has 0 N–H and O–H groups in total. The Morgan fingerprint density at radius 1 is 1.25 bits per heavy atom. The zero-order valence-electron chi connectivity index (χ0n) is 9.23. The predicted molar refractivity (Wildman–Crippen MR) is 62.7 cm³/mol. The molecule has 0 aromatic heterocycles. The van der Waals surface area contributed by atoms with E-state index in [-0.39, 0.29) is 0 Å². The van der Waals surface area contributed by atoms with Crippen molar-refractivity contribution in [3.8, 4) is 11.5 Å². The Bertz CT molecular complexity index is 470. The van der Waals surface area contributed by atoms with E-state index < -0.39 is 14.3 Å². The Morgan fingerprint density at radius 2 is 1.88 bits per heavy atom. The molecule has 6 heteroatoms. The number of hydrogen-bond acceptors (Lipinski definition) is 4. The first-order valence-electron chi connectivity index (χ1n) is 4.55. The van der Waals surface area contributed by atoms with E-state index in [1.807, 2.05) is 0 Å².